The second kappa shape index (κ2) is 11.7. The van der Waals surface area contributed by atoms with E-state index in [1.54, 1.807) is 10.8 Å². The Morgan fingerprint density at radius 1 is 0.679 bits per heavy atom. The molecule has 0 saturated heterocycles. The van der Waals surface area contributed by atoms with Crippen LogP contribution in [0.4, 0.5) is 0 Å². The van der Waals surface area contributed by atoms with Gasteiger partial charge in [-0.25, -0.2) is 0 Å². The Labute approximate surface area is 172 Å². The molecule has 0 N–H and O–H groups in total. The van der Waals surface area contributed by atoms with Crippen LogP contribution in [0.25, 0.3) is 11.1 Å². The van der Waals surface area contributed by atoms with Crippen LogP contribution in [-0.2, 0) is 9.59 Å². The molecule has 0 amide bonds. The molecule has 6 heteroatoms. The van der Waals surface area contributed by atoms with Gasteiger partial charge in [-0.3, -0.25) is 9.59 Å². The lowest BCUT2D eigenvalue weighted by atomic mass is 10.1. The molecule has 2 aromatic rings. The maximum Gasteiger partial charge on any atom is 0.215 e. The molecule has 0 aliphatic carbocycles. The molecule has 28 heavy (non-hydrogen) atoms. The second-order valence-corrected chi connectivity index (χ2v) is 6.93. The topological polar surface area (TPSA) is 52.6 Å². The lowest BCUT2D eigenvalue weighted by molar-refractivity contribution is -0.107. The molecule has 0 radical (unpaired) electrons. The number of benzene rings is 2. The van der Waals surface area contributed by atoms with Crippen molar-refractivity contribution in [2.45, 2.75) is 0 Å². The van der Waals surface area contributed by atoms with Crippen LogP contribution < -0.4 is 9.47 Å². The van der Waals surface area contributed by atoms with Crippen molar-refractivity contribution in [3.8, 4) is 22.6 Å². The summed E-state index contributed by atoms with van der Waals surface area (Å²) in [5.41, 5.74) is 2.06. The van der Waals surface area contributed by atoms with Crippen LogP contribution in [0, 0.1) is 0 Å². The summed E-state index contributed by atoms with van der Waals surface area (Å²) in [6.45, 7) is 6.79. The quantitative estimate of drug-likeness (QED) is 0.376. The molecule has 0 aromatic heterocycles. The molecule has 0 atom stereocenters. The van der Waals surface area contributed by atoms with Crippen LogP contribution in [0.1, 0.15) is 0 Å². The fraction of sp³-hybridized carbons (Fsp3) is 0. The highest BCUT2D eigenvalue weighted by molar-refractivity contribution is 8.16. The molecule has 0 aliphatic heterocycles. The van der Waals surface area contributed by atoms with Gasteiger partial charge in [0.05, 0.1) is 12.5 Å². The van der Waals surface area contributed by atoms with Crippen molar-refractivity contribution in [2.24, 2.45) is 0 Å². The zero-order chi connectivity index (χ0) is 20.2. The standard InChI is InChI=1S/C22H18O4S2/c1-3-21(23)27-15-13-25-19-9-5-17(6-10-19)18-7-11-20(12-8-18)26-14-16-28-22(24)4-2/h3-16H,1-2H2. The first-order valence-electron chi connectivity index (χ1n) is 8.12. The number of carbonyl (C=O) groups is 2. The van der Waals surface area contributed by atoms with Crippen molar-refractivity contribution in [1.29, 1.82) is 0 Å². The summed E-state index contributed by atoms with van der Waals surface area (Å²) in [7, 11) is 0. The molecule has 0 bridgehead atoms. The molecule has 2 rings (SSSR count). The van der Waals surface area contributed by atoms with Gasteiger partial charge in [-0.15, -0.1) is 0 Å². The third-order valence-electron chi connectivity index (χ3n) is 3.26. The van der Waals surface area contributed by atoms with Crippen LogP contribution in [-0.4, -0.2) is 10.2 Å². The minimum atomic E-state index is -0.137. The Kier molecular flexibility index (Phi) is 8.91. The monoisotopic (exact) mass is 410 g/mol. The minimum absolute atomic E-state index is 0.137. The van der Waals surface area contributed by atoms with E-state index in [0.29, 0.717) is 11.5 Å². The zero-order valence-electron chi connectivity index (χ0n) is 14.9. The van der Waals surface area contributed by atoms with E-state index in [4.69, 9.17) is 9.47 Å². The van der Waals surface area contributed by atoms with Crippen LogP contribution in [0.2, 0.25) is 0 Å². The van der Waals surface area contributed by atoms with Crippen molar-refractivity contribution in [3.05, 3.63) is 97.2 Å². The Morgan fingerprint density at radius 3 is 1.36 bits per heavy atom. The SMILES string of the molecule is C=CC(=O)SC=COc1ccc(-c2ccc(OC=CSC(=O)C=C)cc2)cc1. The normalized spacial score (nSPS) is 10.7. The first-order chi connectivity index (χ1) is 13.6. The molecule has 0 unspecified atom stereocenters. The zero-order valence-corrected chi connectivity index (χ0v) is 16.6. The lowest BCUT2D eigenvalue weighted by Gasteiger charge is -2.05. The van der Waals surface area contributed by atoms with Crippen LogP contribution in [0.3, 0.4) is 0 Å². The van der Waals surface area contributed by atoms with E-state index >= 15 is 0 Å². The molecule has 0 spiro atoms. The van der Waals surface area contributed by atoms with E-state index in [0.717, 1.165) is 34.7 Å². The van der Waals surface area contributed by atoms with E-state index in [1.165, 1.54) is 24.7 Å². The highest BCUT2D eigenvalue weighted by Crippen LogP contribution is 2.25. The van der Waals surface area contributed by atoms with E-state index < -0.39 is 0 Å². The largest absolute Gasteiger partial charge is 0.464 e. The number of hydrogen-bond acceptors (Lipinski definition) is 6. The first kappa shape index (κ1) is 21.3. The van der Waals surface area contributed by atoms with Gasteiger partial charge >= 0.3 is 0 Å². The number of ether oxygens (including phenoxy) is 2. The summed E-state index contributed by atoms with van der Waals surface area (Å²) in [6.07, 6.45) is 5.42. The molecular formula is C22H18O4S2. The highest BCUT2D eigenvalue weighted by Gasteiger charge is 2.00. The molecule has 142 valence electrons. The van der Waals surface area contributed by atoms with Gasteiger partial charge in [0.2, 0.25) is 10.2 Å². The maximum atomic E-state index is 11.1. The third kappa shape index (κ3) is 7.34. The van der Waals surface area contributed by atoms with Gasteiger partial charge in [0.15, 0.2) is 0 Å². The highest BCUT2D eigenvalue weighted by atomic mass is 32.2. The molecule has 0 fully saturated rings. The van der Waals surface area contributed by atoms with Gasteiger partial charge in [0, 0.05) is 10.8 Å². The fourth-order valence-corrected chi connectivity index (χ4v) is 2.63. The van der Waals surface area contributed by atoms with Gasteiger partial charge < -0.3 is 9.47 Å². The number of carbonyl (C=O) groups excluding carboxylic acids is 2. The average Bonchev–Trinajstić information content (AvgIpc) is 2.74. The van der Waals surface area contributed by atoms with Crippen molar-refractivity contribution >= 4 is 33.8 Å². The third-order valence-corrected chi connectivity index (χ3v) is 4.56. The van der Waals surface area contributed by atoms with E-state index in [2.05, 4.69) is 13.2 Å². The van der Waals surface area contributed by atoms with Crippen LogP contribution in [0.5, 0.6) is 11.5 Å². The second-order valence-electron chi connectivity index (χ2n) is 5.11. The van der Waals surface area contributed by atoms with E-state index in [1.807, 2.05) is 48.5 Å². The van der Waals surface area contributed by atoms with Crippen molar-refractivity contribution in [1.82, 2.24) is 0 Å². The van der Waals surface area contributed by atoms with Crippen LogP contribution in [0.15, 0.2) is 97.2 Å². The van der Waals surface area contributed by atoms with E-state index in [9.17, 15) is 9.59 Å². The predicted octanol–water partition coefficient (Wildman–Crippen LogP) is 5.95. The molecule has 0 saturated carbocycles. The summed E-state index contributed by atoms with van der Waals surface area (Å²) >= 11 is 2.01. The van der Waals surface area contributed by atoms with Gasteiger partial charge in [-0.05, 0) is 47.5 Å². The number of thioether (sulfide) groups is 2. The fourth-order valence-electron chi connectivity index (χ4n) is 1.95. The lowest BCUT2D eigenvalue weighted by Crippen LogP contribution is -1.85. The average molecular weight is 411 g/mol. The summed E-state index contributed by atoms with van der Waals surface area (Å²) in [5.74, 6) is 1.34. The summed E-state index contributed by atoms with van der Waals surface area (Å²) in [5, 5.41) is 2.86. The van der Waals surface area contributed by atoms with Gasteiger partial charge in [0.25, 0.3) is 0 Å². The Balaban J connectivity index is 1.89. The first-order valence-corrected chi connectivity index (χ1v) is 9.88. The summed E-state index contributed by atoms with van der Waals surface area (Å²) in [6, 6.07) is 15.2. The maximum absolute atomic E-state index is 11.1. The Morgan fingerprint density at radius 2 is 1.04 bits per heavy atom. The van der Waals surface area contributed by atoms with Crippen molar-refractivity contribution in [2.75, 3.05) is 0 Å². The molecule has 0 aliphatic rings. The van der Waals surface area contributed by atoms with Gasteiger partial charge in [-0.2, -0.15) is 0 Å². The number of rotatable bonds is 9. The molecule has 0 heterocycles. The summed E-state index contributed by atoms with van der Waals surface area (Å²) < 4.78 is 10.9. The van der Waals surface area contributed by atoms with Gasteiger partial charge in [-0.1, -0.05) is 60.9 Å². The Bertz CT molecular complexity index is 806. The van der Waals surface area contributed by atoms with Gasteiger partial charge in [0.1, 0.15) is 11.5 Å². The van der Waals surface area contributed by atoms with Crippen LogP contribution >= 0.6 is 23.5 Å². The molecular weight excluding hydrogens is 392 g/mol. The van der Waals surface area contributed by atoms with E-state index in [-0.39, 0.29) is 10.2 Å². The molecule has 4 nitrogen and oxygen atoms in total. The predicted molar refractivity (Wildman–Crippen MR) is 117 cm³/mol. The Hall–Kier alpha value is -2.96. The van der Waals surface area contributed by atoms with Crippen molar-refractivity contribution in [3.63, 3.8) is 0 Å². The minimum Gasteiger partial charge on any atom is -0.464 e. The van der Waals surface area contributed by atoms with Crippen molar-refractivity contribution < 1.29 is 19.1 Å². The molecule has 2 aromatic carbocycles. The summed E-state index contributed by atoms with van der Waals surface area (Å²) in [4.78, 5) is 22.1. The smallest absolute Gasteiger partial charge is 0.215 e. The number of hydrogen-bond donors (Lipinski definition) is 0.